The highest BCUT2D eigenvalue weighted by atomic mass is 15.1. The van der Waals surface area contributed by atoms with Gasteiger partial charge in [-0.2, -0.15) is 0 Å². The van der Waals surface area contributed by atoms with E-state index < -0.39 is 0 Å². The molecule has 2 aromatic rings. The topological polar surface area (TPSA) is 41.4 Å². The third-order valence-corrected chi connectivity index (χ3v) is 1.98. The lowest BCUT2D eigenvalue weighted by molar-refractivity contribution is 1.18. The molecule has 0 saturated heterocycles. The van der Waals surface area contributed by atoms with E-state index in [9.17, 15) is 0 Å². The second-order valence-electron chi connectivity index (χ2n) is 3.10. The number of nitrogens with zero attached hydrogens (tertiary/aromatic N) is 2. The standard InChI is InChI=1S/C9H12BN4/c1-7-6-14-8(12-7)4-3-5-9(14)13-10-11-2/h3-6,11,13H,1-2H3. The van der Waals surface area contributed by atoms with Crippen LogP contribution in [0.5, 0.6) is 0 Å². The minimum Gasteiger partial charge on any atom is -0.404 e. The van der Waals surface area contributed by atoms with Crippen LogP contribution in [0.25, 0.3) is 5.65 Å². The van der Waals surface area contributed by atoms with Gasteiger partial charge in [-0.25, -0.2) is 4.98 Å². The summed E-state index contributed by atoms with van der Waals surface area (Å²) in [5, 5.41) is 6.06. The number of nitrogens with one attached hydrogen (secondary N) is 2. The fraction of sp³-hybridized carbons (Fsp3) is 0.222. The van der Waals surface area contributed by atoms with Gasteiger partial charge in [-0.15, -0.1) is 0 Å². The molecule has 14 heavy (non-hydrogen) atoms. The van der Waals surface area contributed by atoms with Crippen LogP contribution in [-0.2, 0) is 0 Å². The van der Waals surface area contributed by atoms with Gasteiger partial charge in [-0.05, 0) is 26.1 Å². The van der Waals surface area contributed by atoms with Crippen LogP contribution in [0.4, 0.5) is 5.82 Å². The zero-order valence-electron chi connectivity index (χ0n) is 8.28. The maximum atomic E-state index is 4.37. The van der Waals surface area contributed by atoms with Crippen molar-refractivity contribution in [2.24, 2.45) is 0 Å². The molecule has 2 heterocycles. The van der Waals surface area contributed by atoms with E-state index in [2.05, 4.69) is 15.4 Å². The third kappa shape index (κ3) is 1.58. The summed E-state index contributed by atoms with van der Waals surface area (Å²) in [5.41, 5.74) is 1.97. The molecule has 0 aliphatic heterocycles. The highest BCUT2D eigenvalue weighted by Gasteiger charge is 2.01. The quantitative estimate of drug-likeness (QED) is 0.698. The van der Waals surface area contributed by atoms with Crippen molar-refractivity contribution in [1.29, 1.82) is 0 Å². The maximum absolute atomic E-state index is 4.37. The van der Waals surface area contributed by atoms with Crippen molar-refractivity contribution in [2.75, 3.05) is 12.3 Å². The number of rotatable bonds is 3. The van der Waals surface area contributed by atoms with E-state index in [1.807, 2.05) is 42.8 Å². The zero-order valence-corrected chi connectivity index (χ0v) is 8.28. The van der Waals surface area contributed by atoms with Crippen LogP contribution < -0.4 is 10.5 Å². The van der Waals surface area contributed by atoms with Gasteiger partial charge in [0.1, 0.15) is 5.65 Å². The van der Waals surface area contributed by atoms with Crippen LogP contribution in [0.3, 0.4) is 0 Å². The number of imidazole rings is 1. The average Bonchev–Trinajstić information content (AvgIpc) is 2.55. The van der Waals surface area contributed by atoms with Crippen LogP contribution in [-0.4, -0.2) is 24.0 Å². The molecule has 4 nitrogen and oxygen atoms in total. The first-order valence-electron chi connectivity index (χ1n) is 4.51. The number of aromatic nitrogens is 2. The molecule has 0 amide bonds. The Hall–Kier alpha value is -1.49. The summed E-state index contributed by atoms with van der Waals surface area (Å²) in [4.78, 5) is 4.37. The maximum Gasteiger partial charge on any atom is 0.347 e. The molecule has 2 aromatic heterocycles. The predicted molar refractivity (Wildman–Crippen MR) is 58.4 cm³/mol. The highest BCUT2D eigenvalue weighted by molar-refractivity contribution is 6.36. The summed E-state index contributed by atoms with van der Waals surface area (Å²) in [6.07, 6.45) is 2.00. The van der Waals surface area contributed by atoms with Gasteiger partial charge in [-0.3, -0.25) is 4.40 Å². The molecule has 0 spiro atoms. The second kappa shape index (κ2) is 3.71. The van der Waals surface area contributed by atoms with Gasteiger partial charge in [0, 0.05) is 6.20 Å². The minimum atomic E-state index is 0.956. The summed E-state index contributed by atoms with van der Waals surface area (Å²) >= 11 is 0. The van der Waals surface area contributed by atoms with Gasteiger partial charge in [0.15, 0.2) is 0 Å². The highest BCUT2D eigenvalue weighted by Crippen LogP contribution is 2.11. The van der Waals surface area contributed by atoms with E-state index in [4.69, 9.17) is 0 Å². The van der Waals surface area contributed by atoms with E-state index in [1.54, 1.807) is 7.55 Å². The Morgan fingerprint density at radius 2 is 2.29 bits per heavy atom. The Labute approximate surface area is 83.6 Å². The van der Waals surface area contributed by atoms with E-state index in [1.165, 1.54) is 0 Å². The second-order valence-corrected chi connectivity index (χ2v) is 3.10. The number of hydrogen-bond acceptors (Lipinski definition) is 3. The molecule has 0 aliphatic carbocycles. The Balaban J connectivity index is 2.42. The van der Waals surface area contributed by atoms with E-state index in [-0.39, 0.29) is 0 Å². The molecule has 0 atom stereocenters. The van der Waals surface area contributed by atoms with E-state index in [0.29, 0.717) is 0 Å². The number of fused-ring (bicyclic) bond motifs is 1. The Morgan fingerprint density at radius 3 is 3.07 bits per heavy atom. The zero-order chi connectivity index (χ0) is 9.97. The van der Waals surface area contributed by atoms with Crippen LogP contribution in [0, 0.1) is 6.92 Å². The molecule has 2 N–H and O–H groups in total. The average molecular weight is 187 g/mol. The third-order valence-electron chi connectivity index (χ3n) is 1.98. The smallest absolute Gasteiger partial charge is 0.347 e. The predicted octanol–water partition coefficient (Wildman–Crippen LogP) is 0.808. The number of pyridine rings is 1. The molecule has 0 aliphatic rings. The largest absolute Gasteiger partial charge is 0.404 e. The fourth-order valence-electron chi connectivity index (χ4n) is 1.40. The van der Waals surface area contributed by atoms with Crippen molar-refractivity contribution >= 4 is 19.0 Å². The Bertz CT molecular complexity index is 437. The van der Waals surface area contributed by atoms with Crippen molar-refractivity contribution in [3.05, 3.63) is 30.1 Å². The molecule has 0 unspecified atom stereocenters. The monoisotopic (exact) mass is 187 g/mol. The molecule has 0 bridgehead atoms. The van der Waals surface area contributed by atoms with Crippen molar-refractivity contribution in [1.82, 2.24) is 14.6 Å². The van der Waals surface area contributed by atoms with Crippen LogP contribution >= 0.6 is 0 Å². The summed E-state index contributed by atoms with van der Waals surface area (Å²) in [7, 11) is 3.64. The van der Waals surface area contributed by atoms with Crippen molar-refractivity contribution in [3.8, 4) is 0 Å². The lowest BCUT2D eigenvalue weighted by Gasteiger charge is -2.05. The summed E-state index contributed by atoms with van der Waals surface area (Å²) in [6.45, 7) is 1.98. The van der Waals surface area contributed by atoms with Gasteiger partial charge in [0.25, 0.3) is 0 Å². The molecule has 0 fully saturated rings. The van der Waals surface area contributed by atoms with Gasteiger partial charge in [0.2, 0.25) is 0 Å². The minimum absolute atomic E-state index is 0.956. The van der Waals surface area contributed by atoms with Crippen LogP contribution in [0.1, 0.15) is 5.69 Å². The van der Waals surface area contributed by atoms with Gasteiger partial charge >= 0.3 is 7.55 Å². The molecule has 5 heteroatoms. The molecule has 0 saturated carbocycles. The Kier molecular flexibility index (Phi) is 2.41. The number of aryl methyl sites for hydroxylation is 1. The lowest BCUT2D eigenvalue weighted by Crippen LogP contribution is -2.23. The molecule has 1 radical (unpaired) electrons. The first-order chi connectivity index (χ1) is 6.81. The van der Waals surface area contributed by atoms with Crippen molar-refractivity contribution in [3.63, 3.8) is 0 Å². The van der Waals surface area contributed by atoms with Gasteiger partial charge in [-0.1, -0.05) is 6.07 Å². The van der Waals surface area contributed by atoms with Crippen molar-refractivity contribution in [2.45, 2.75) is 6.92 Å². The summed E-state index contributed by atoms with van der Waals surface area (Å²) in [6, 6.07) is 5.97. The number of anilines is 1. The molecule has 71 valence electrons. The lowest BCUT2D eigenvalue weighted by atomic mass is 10.2. The fourth-order valence-corrected chi connectivity index (χ4v) is 1.40. The van der Waals surface area contributed by atoms with E-state index >= 15 is 0 Å². The van der Waals surface area contributed by atoms with Crippen LogP contribution in [0.15, 0.2) is 24.4 Å². The first kappa shape index (κ1) is 9.08. The SMILES string of the molecule is CN[B]Nc1cccc2nc(C)cn12. The molecule has 0 aromatic carbocycles. The molecule has 2 rings (SSSR count). The summed E-state index contributed by atoms with van der Waals surface area (Å²) < 4.78 is 2.02. The van der Waals surface area contributed by atoms with Crippen LogP contribution in [0.2, 0.25) is 0 Å². The molecular weight excluding hydrogens is 175 g/mol. The normalized spacial score (nSPS) is 10.4. The molecular formula is C9H12BN4. The van der Waals surface area contributed by atoms with Crippen molar-refractivity contribution < 1.29 is 0 Å². The van der Waals surface area contributed by atoms with E-state index in [0.717, 1.165) is 17.2 Å². The first-order valence-corrected chi connectivity index (χ1v) is 4.51. The van der Waals surface area contributed by atoms with Gasteiger partial charge in [0.05, 0.1) is 11.5 Å². The Morgan fingerprint density at radius 1 is 1.43 bits per heavy atom. The number of hydrogen-bond donors (Lipinski definition) is 2. The van der Waals surface area contributed by atoms with Gasteiger partial charge < -0.3 is 10.5 Å². The summed E-state index contributed by atoms with van der Waals surface area (Å²) in [5.74, 6) is 0.998.